The molecule has 1 aromatic rings. The first-order chi connectivity index (χ1) is 14.9. The van der Waals surface area contributed by atoms with Crippen LogP contribution in [-0.2, 0) is 25.5 Å². The van der Waals surface area contributed by atoms with Crippen molar-refractivity contribution in [1.82, 2.24) is 0 Å². The molecule has 172 valence electrons. The highest BCUT2D eigenvalue weighted by molar-refractivity contribution is 6.04. The molecule has 1 saturated heterocycles. The van der Waals surface area contributed by atoms with Crippen LogP contribution in [0.5, 0.6) is 17.2 Å². The first-order valence-corrected chi connectivity index (χ1v) is 11.0. The summed E-state index contributed by atoms with van der Waals surface area (Å²) in [5.74, 6) is -3.12. The topological polar surface area (TPSA) is 116 Å². The number of rotatable bonds is 3. The molecular formula is C24H28O8. The van der Waals surface area contributed by atoms with Crippen molar-refractivity contribution in [3.8, 4) is 17.2 Å². The van der Waals surface area contributed by atoms with Crippen molar-refractivity contribution in [2.75, 3.05) is 0 Å². The van der Waals surface area contributed by atoms with Crippen molar-refractivity contribution in [3.63, 3.8) is 0 Å². The van der Waals surface area contributed by atoms with Crippen molar-refractivity contribution in [2.45, 2.75) is 78.2 Å². The van der Waals surface area contributed by atoms with Gasteiger partial charge in [0, 0.05) is 43.7 Å². The van der Waals surface area contributed by atoms with E-state index in [9.17, 15) is 24.3 Å². The number of hydrogen-bond donors (Lipinski definition) is 1. The Bertz CT molecular complexity index is 1050. The summed E-state index contributed by atoms with van der Waals surface area (Å²) >= 11 is 0. The largest absolute Gasteiger partial charge is 0.507 e. The second kappa shape index (κ2) is 7.32. The highest BCUT2D eigenvalue weighted by Gasteiger charge is 2.66. The van der Waals surface area contributed by atoms with Crippen LogP contribution >= 0.6 is 0 Å². The Hall–Kier alpha value is -2.90. The van der Waals surface area contributed by atoms with E-state index in [1.165, 1.54) is 13.8 Å². The molecule has 1 aromatic carbocycles. The summed E-state index contributed by atoms with van der Waals surface area (Å²) in [6.45, 7) is 7.79. The minimum atomic E-state index is -0.945. The molecule has 0 aromatic heterocycles. The van der Waals surface area contributed by atoms with E-state index in [2.05, 4.69) is 0 Å². The van der Waals surface area contributed by atoms with Crippen LogP contribution < -0.4 is 9.47 Å². The van der Waals surface area contributed by atoms with E-state index in [4.69, 9.17) is 14.2 Å². The smallest absolute Gasteiger partial charge is 0.312 e. The Morgan fingerprint density at radius 1 is 1.09 bits per heavy atom. The number of aromatic hydroxyl groups is 1. The second-order valence-electron chi connectivity index (χ2n) is 9.70. The number of benzene rings is 1. The van der Waals surface area contributed by atoms with E-state index in [-0.39, 0.29) is 70.4 Å². The molecule has 3 atom stereocenters. The minimum Gasteiger partial charge on any atom is -0.507 e. The fourth-order valence-corrected chi connectivity index (χ4v) is 5.86. The predicted octanol–water partition coefficient (Wildman–Crippen LogP) is 3.60. The Morgan fingerprint density at radius 2 is 1.72 bits per heavy atom. The van der Waals surface area contributed by atoms with Gasteiger partial charge in [0.2, 0.25) is 0 Å². The molecule has 32 heavy (non-hydrogen) atoms. The Labute approximate surface area is 186 Å². The van der Waals surface area contributed by atoms with Crippen LogP contribution in [-0.4, -0.2) is 34.4 Å². The highest BCUT2D eigenvalue weighted by Crippen LogP contribution is 2.61. The molecule has 2 bridgehead atoms. The normalized spacial score (nSPS) is 28.5. The third-order valence-electron chi connectivity index (χ3n) is 7.19. The van der Waals surface area contributed by atoms with Gasteiger partial charge in [-0.25, -0.2) is 0 Å². The molecule has 2 fully saturated rings. The van der Waals surface area contributed by atoms with Crippen molar-refractivity contribution in [1.29, 1.82) is 0 Å². The van der Waals surface area contributed by atoms with Gasteiger partial charge in [-0.05, 0) is 32.1 Å². The monoisotopic (exact) mass is 444 g/mol. The van der Waals surface area contributed by atoms with Crippen LogP contribution in [0.1, 0.15) is 87.7 Å². The third kappa shape index (κ3) is 3.11. The van der Waals surface area contributed by atoms with Gasteiger partial charge in [0.1, 0.15) is 11.4 Å². The second-order valence-corrected chi connectivity index (χ2v) is 9.70. The zero-order valence-electron chi connectivity index (χ0n) is 19.0. The molecule has 1 saturated carbocycles. The van der Waals surface area contributed by atoms with E-state index < -0.39 is 23.0 Å². The number of ketones is 1. The summed E-state index contributed by atoms with van der Waals surface area (Å²) in [5.41, 5.74) is -1.22. The number of Topliss-reactive ketones (excluding diaryl/α,β-unsaturated/α-hetero) is 1. The minimum absolute atomic E-state index is 0.0345. The first-order valence-electron chi connectivity index (χ1n) is 11.0. The zero-order chi connectivity index (χ0) is 23.6. The fraction of sp³-hybridized carbons (Fsp3) is 0.583. The number of fused-ring (bicyclic) bond motifs is 1. The lowest BCUT2D eigenvalue weighted by Gasteiger charge is -2.40. The summed E-state index contributed by atoms with van der Waals surface area (Å²) in [6, 6.07) is 0. The third-order valence-corrected chi connectivity index (χ3v) is 7.19. The summed E-state index contributed by atoms with van der Waals surface area (Å²) < 4.78 is 16.9. The SMILES string of the molecule is CC(=O)Oc1c2c(c(O)c(C(C)C)c1OC(C)=O)C(=O)C[C@@H]1[C@]3(CCC[C@]1(C)C(=O)O3)C2. The molecule has 4 rings (SSSR count). The van der Waals surface area contributed by atoms with Gasteiger partial charge in [-0.3, -0.25) is 19.2 Å². The van der Waals surface area contributed by atoms with Gasteiger partial charge in [0.05, 0.1) is 11.0 Å². The quantitative estimate of drug-likeness (QED) is 0.555. The standard InChI is InChI=1S/C24H28O8/c1-11(2)17-19(28)18-14(20(30-12(3)25)21(17)31-13(4)26)10-24-8-6-7-23(5,22(29)32-24)16(24)9-15(18)27/h11,16,28H,6-10H2,1-5H3/t16-,23-,24-/m0/s1. The first kappa shape index (κ1) is 22.3. The lowest BCUT2D eigenvalue weighted by Crippen LogP contribution is -2.45. The zero-order valence-corrected chi connectivity index (χ0v) is 19.0. The van der Waals surface area contributed by atoms with E-state index in [0.29, 0.717) is 12.8 Å². The molecule has 1 heterocycles. The number of phenolic OH excluding ortho intramolecular Hbond substituents is 1. The Kier molecular flexibility index (Phi) is 5.10. The molecule has 1 aliphatic heterocycles. The van der Waals surface area contributed by atoms with Crippen LogP contribution in [0.3, 0.4) is 0 Å². The van der Waals surface area contributed by atoms with Gasteiger partial charge in [0.15, 0.2) is 17.3 Å². The van der Waals surface area contributed by atoms with Crippen LogP contribution in [0.25, 0.3) is 0 Å². The van der Waals surface area contributed by atoms with Gasteiger partial charge in [0.25, 0.3) is 0 Å². The van der Waals surface area contributed by atoms with Crippen LogP contribution in [0.4, 0.5) is 0 Å². The lowest BCUT2D eigenvalue weighted by atomic mass is 9.61. The maximum atomic E-state index is 13.5. The Balaban J connectivity index is 2.03. The van der Waals surface area contributed by atoms with Gasteiger partial charge in [-0.2, -0.15) is 0 Å². The molecule has 8 heteroatoms. The van der Waals surface area contributed by atoms with Gasteiger partial charge < -0.3 is 19.3 Å². The van der Waals surface area contributed by atoms with E-state index in [0.717, 1.165) is 6.42 Å². The van der Waals surface area contributed by atoms with Gasteiger partial charge in [-0.1, -0.05) is 13.8 Å². The van der Waals surface area contributed by atoms with Gasteiger partial charge in [-0.15, -0.1) is 0 Å². The molecule has 0 spiro atoms. The Morgan fingerprint density at radius 3 is 2.31 bits per heavy atom. The molecule has 0 amide bonds. The van der Waals surface area contributed by atoms with E-state index in [1.54, 1.807) is 13.8 Å². The van der Waals surface area contributed by atoms with Crippen LogP contribution in [0.15, 0.2) is 0 Å². The summed E-state index contributed by atoms with van der Waals surface area (Å²) in [6.07, 6.45) is 2.05. The van der Waals surface area contributed by atoms with Gasteiger partial charge >= 0.3 is 17.9 Å². The van der Waals surface area contributed by atoms with Crippen molar-refractivity contribution in [2.24, 2.45) is 11.3 Å². The van der Waals surface area contributed by atoms with Crippen molar-refractivity contribution >= 4 is 23.7 Å². The maximum absolute atomic E-state index is 13.5. The molecular weight excluding hydrogens is 416 g/mol. The summed E-state index contributed by atoms with van der Waals surface area (Å²) in [4.78, 5) is 50.2. The summed E-state index contributed by atoms with van der Waals surface area (Å²) in [5, 5.41) is 11.2. The average molecular weight is 444 g/mol. The van der Waals surface area contributed by atoms with Crippen molar-refractivity contribution in [3.05, 3.63) is 16.7 Å². The number of hydrogen-bond acceptors (Lipinski definition) is 8. The van der Waals surface area contributed by atoms with Crippen LogP contribution in [0.2, 0.25) is 0 Å². The number of esters is 3. The molecule has 3 aliphatic rings. The van der Waals surface area contributed by atoms with Crippen LogP contribution in [0, 0.1) is 11.3 Å². The predicted molar refractivity (Wildman–Crippen MR) is 112 cm³/mol. The average Bonchev–Trinajstić information content (AvgIpc) is 2.77. The number of carbonyl (C=O) groups is 4. The summed E-state index contributed by atoms with van der Waals surface area (Å²) in [7, 11) is 0. The molecule has 8 nitrogen and oxygen atoms in total. The van der Waals surface area contributed by atoms with E-state index >= 15 is 0 Å². The fourth-order valence-electron chi connectivity index (χ4n) is 5.86. The van der Waals surface area contributed by atoms with Crippen molar-refractivity contribution < 1.29 is 38.5 Å². The molecule has 0 unspecified atom stereocenters. The van der Waals surface area contributed by atoms with E-state index in [1.807, 2.05) is 6.92 Å². The molecule has 2 aliphatic carbocycles. The lowest BCUT2D eigenvalue weighted by molar-refractivity contribution is -0.152. The highest BCUT2D eigenvalue weighted by atomic mass is 16.6. The maximum Gasteiger partial charge on any atom is 0.312 e. The molecule has 0 radical (unpaired) electrons. The molecule has 1 N–H and O–H groups in total. The number of ether oxygens (including phenoxy) is 3. The number of phenols is 1. The number of carbonyl (C=O) groups excluding carboxylic acids is 4.